The number of aromatic nitrogens is 4. The third-order valence-corrected chi connectivity index (χ3v) is 3.68. The minimum atomic E-state index is 0.375. The number of fused-ring (bicyclic) bond motifs is 1. The first-order valence-electron chi connectivity index (χ1n) is 7.57. The third kappa shape index (κ3) is 2.93. The number of hydrogen-bond acceptors (Lipinski definition) is 6. The lowest BCUT2D eigenvalue weighted by Crippen LogP contribution is -1.95. The molecule has 122 valence electrons. The van der Waals surface area contributed by atoms with E-state index < -0.39 is 0 Å². The largest absolute Gasteiger partial charge is 0.487 e. The summed E-state index contributed by atoms with van der Waals surface area (Å²) in [5, 5.41) is 9.19. The molecule has 3 heterocycles. The average molecular weight is 331 g/mol. The lowest BCUT2D eigenvalue weighted by molar-refractivity contribution is 0.302. The fourth-order valence-electron chi connectivity index (χ4n) is 2.48. The van der Waals surface area contributed by atoms with Gasteiger partial charge >= 0.3 is 0 Å². The van der Waals surface area contributed by atoms with Crippen molar-refractivity contribution in [3.63, 3.8) is 0 Å². The maximum Gasteiger partial charge on any atom is 0.228 e. The standard InChI is InChI=1S/C18H13N5O2/c1-23-9-13(21-11-23)10-24-14-2-3-17-16(6-14)22-18(25-17)15-4-5-20-8-12(15)7-19/h2-6,8-9,11H,10H2,1H3. The van der Waals surface area contributed by atoms with Gasteiger partial charge in [-0.1, -0.05) is 0 Å². The zero-order valence-corrected chi connectivity index (χ0v) is 13.4. The molecular formula is C18H13N5O2. The summed E-state index contributed by atoms with van der Waals surface area (Å²) in [6, 6.07) is 9.22. The molecule has 7 heteroatoms. The number of rotatable bonds is 4. The van der Waals surface area contributed by atoms with Gasteiger partial charge < -0.3 is 13.7 Å². The van der Waals surface area contributed by atoms with Crippen molar-refractivity contribution in [2.24, 2.45) is 7.05 Å². The molecule has 0 radical (unpaired) electrons. The quantitative estimate of drug-likeness (QED) is 0.571. The predicted octanol–water partition coefficient (Wildman–Crippen LogP) is 3.07. The molecule has 4 rings (SSSR count). The van der Waals surface area contributed by atoms with E-state index in [1.807, 2.05) is 23.9 Å². The molecule has 0 amide bonds. The van der Waals surface area contributed by atoms with Gasteiger partial charge in [-0.05, 0) is 18.2 Å². The molecule has 7 nitrogen and oxygen atoms in total. The number of imidazole rings is 1. The van der Waals surface area contributed by atoms with E-state index in [0.717, 1.165) is 5.69 Å². The van der Waals surface area contributed by atoms with E-state index in [1.165, 1.54) is 6.20 Å². The molecule has 0 aliphatic carbocycles. The number of aryl methyl sites for hydroxylation is 1. The Bertz CT molecular complexity index is 1090. The van der Waals surface area contributed by atoms with E-state index in [0.29, 0.717) is 40.5 Å². The van der Waals surface area contributed by atoms with Gasteiger partial charge in [-0.15, -0.1) is 0 Å². The summed E-state index contributed by atoms with van der Waals surface area (Å²) in [5.74, 6) is 1.06. The maximum absolute atomic E-state index is 9.19. The van der Waals surface area contributed by atoms with Crippen LogP contribution in [0.2, 0.25) is 0 Å². The van der Waals surface area contributed by atoms with Crippen LogP contribution in [0.15, 0.2) is 53.6 Å². The Hall–Kier alpha value is -3.66. The first-order valence-corrected chi connectivity index (χ1v) is 7.57. The fourth-order valence-corrected chi connectivity index (χ4v) is 2.48. The third-order valence-electron chi connectivity index (χ3n) is 3.68. The zero-order valence-electron chi connectivity index (χ0n) is 13.4. The van der Waals surface area contributed by atoms with Gasteiger partial charge in [-0.3, -0.25) is 4.98 Å². The second-order valence-corrected chi connectivity index (χ2v) is 5.50. The number of oxazole rings is 1. The number of pyridine rings is 1. The molecule has 1 aromatic carbocycles. The molecule has 0 saturated heterocycles. The van der Waals surface area contributed by atoms with Gasteiger partial charge in [0.15, 0.2) is 5.58 Å². The van der Waals surface area contributed by atoms with Crippen LogP contribution in [0.1, 0.15) is 11.3 Å². The van der Waals surface area contributed by atoms with Crippen LogP contribution >= 0.6 is 0 Å². The molecule has 0 N–H and O–H groups in total. The average Bonchev–Trinajstić information content (AvgIpc) is 3.25. The molecule has 0 bridgehead atoms. The van der Waals surface area contributed by atoms with Crippen LogP contribution < -0.4 is 4.74 Å². The van der Waals surface area contributed by atoms with Gasteiger partial charge in [0.1, 0.15) is 23.9 Å². The lowest BCUT2D eigenvalue weighted by Gasteiger charge is -2.03. The fraction of sp³-hybridized carbons (Fsp3) is 0.111. The zero-order chi connectivity index (χ0) is 17.2. The SMILES string of the molecule is Cn1cnc(COc2ccc3oc(-c4ccncc4C#N)nc3c2)c1. The molecule has 0 unspecified atom stereocenters. The van der Waals surface area contributed by atoms with Gasteiger partial charge in [0.05, 0.1) is 23.1 Å². The highest BCUT2D eigenvalue weighted by atomic mass is 16.5. The highest BCUT2D eigenvalue weighted by molar-refractivity contribution is 5.78. The summed E-state index contributed by atoms with van der Waals surface area (Å²) < 4.78 is 13.4. The van der Waals surface area contributed by atoms with Crippen LogP contribution in [-0.2, 0) is 13.7 Å². The van der Waals surface area contributed by atoms with Crippen molar-refractivity contribution in [1.29, 1.82) is 5.26 Å². The molecule has 0 spiro atoms. The molecule has 0 aliphatic rings. The van der Waals surface area contributed by atoms with Crippen LogP contribution in [0, 0.1) is 11.3 Å². The summed E-state index contributed by atoms with van der Waals surface area (Å²) in [5.41, 5.74) is 3.17. The highest BCUT2D eigenvalue weighted by Gasteiger charge is 2.13. The molecule has 4 aromatic rings. The van der Waals surface area contributed by atoms with Gasteiger partial charge in [0.25, 0.3) is 0 Å². The Morgan fingerprint density at radius 2 is 2.24 bits per heavy atom. The van der Waals surface area contributed by atoms with Crippen molar-refractivity contribution >= 4 is 11.1 Å². The van der Waals surface area contributed by atoms with Crippen LogP contribution in [0.5, 0.6) is 5.75 Å². The summed E-state index contributed by atoms with van der Waals surface area (Å²) in [6.45, 7) is 0.375. The van der Waals surface area contributed by atoms with Crippen molar-refractivity contribution in [3.05, 3.63) is 60.4 Å². The first kappa shape index (κ1) is 14.9. The minimum Gasteiger partial charge on any atom is -0.487 e. The Kier molecular flexibility index (Phi) is 3.63. The molecule has 0 saturated carbocycles. The number of nitriles is 1. The van der Waals surface area contributed by atoms with E-state index >= 15 is 0 Å². The molecule has 0 fully saturated rings. The number of nitrogens with zero attached hydrogens (tertiary/aromatic N) is 5. The van der Waals surface area contributed by atoms with Gasteiger partial charge in [-0.2, -0.15) is 5.26 Å². The maximum atomic E-state index is 9.19. The van der Waals surface area contributed by atoms with E-state index in [1.54, 1.807) is 30.7 Å². The summed E-state index contributed by atoms with van der Waals surface area (Å²) in [4.78, 5) is 12.6. The Morgan fingerprint density at radius 1 is 1.32 bits per heavy atom. The normalized spacial score (nSPS) is 10.7. The molecule has 0 aliphatic heterocycles. The number of benzene rings is 1. The van der Waals surface area contributed by atoms with Crippen LogP contribution in [-0.4, -0.2) is 19.5 Å². The van der Waals surface area contributed by atoms with Crippen LogP contribution in [0.3, 0.4) is 0 Å². The van der Waals surface area contributed by atoms with E-state index in [-0.39, 0.29) is 0 Å². The second kappa shape index (κ2) is 6.09. The van der Waals surface area contributed by atoms with Crippen molar-refractivity contribution in [2.45, 2.75) is 6.61 Å². The van der Waals surface area contributed by atoms with Crippen LogP contribution in [0.25, 0.3) is 22.6 Å². The monoisotopic (exact) mass is 331 g/mol. The van der Waals surface area contributed by atoms with E-state index in [9.17, 15) is 5.26 Å². The van der Waals surface area contributed by atoms with Crippen molar-refractivity contribution in [2.75, 3.05) is 0 Å². The van der Waals surface area contributed by atoms with E-state index in [2.05, 4.69) is 21.0 Å². The number of hydrogen-bond donors (Lipinski definition) is 0. The second-order valence-electron chi connectivity index (χ2n) is 5.50. The van der Waals surface area contributed by atoms with Crippen LogP contribution in [0.4, 0.5) is 0 Å². The Balaban J connectivity index is 1.62. The summed E-state index contributed by atoms with van der Waals surface area (Å²) >= 11 is 0. The van der Waals surface area contributed by atoms with Crippen molar-refractivity contribution in [3.8, 4) is 23.3 Å². The lowest BCUT2D eigenvalue weighted by atomic mass is 10.1. The number of ether oxygens (including phenoxy) is 1. The van der Waals surface area contributed by atoms with Gasteiger partial charge in [0.2, 0.25) is 5.89 Å². The topological polar surface area (TPSA) is 89.8 Å². The predicted molar refractivity (Wildman–Crippen MR) is 89.5 cm³/mol. The van der Waals surface area contributed by atoms with Crippen molar-refractivity contribution in [1.82, 2.24) is 19.5 Å². The minimum absolute atomic E-state index is 0.375. The summed E-state index contributed by atoms with van der Waals surface area (Å²) in [6.07, 6.45) is 6.73. The van der Waals surface area contributed by atoms with E-state index in [4.69, 9.17) is 9.15 Å². The van der Waals surface area contributed by atoms with Crippen molar-refractivity contribution < 1.29 is 9.15 Å². The first-order chi connectivity index (χ1) is 12.2. The molecule has 3 aromatic heterocycles. The molecular weight excluding hydrogens is 318 g/mol. The molecule has 25 heavy (non-hydrogen) atoms. The summed E-state index contributed by atoms with van der Waals surface area (Å²) in [7, 11) is 1.91. The van der Waals surface area contributed by atoms with Gasteiger partial charge in [-0.25, -0.2) is 9.97 Å². The van der Waals surface area contributed by atoms with Gasteiger partial charge in [0, 0.05) is 31.7 Å². The smallest absolute Gasteiger partial charge is 0.228 e. The Morgan fingerprint density at radius 3 is 3.04 bits per heavy atom. The molecule has 0 atom stereocenters. The highest BCUT2D eigenvalue weighted by Crippen LogP contribution is 2.28. The Labute approximate surface area is 143 Å².